The predicted molar refractivity (Wildman–Crippen MR) is 138 cm³/mol. The Balaban J connectivity index is 1.39. The minimum Gasteiger partial charge on any atom is -0.435 e. The molecule has 5 rings (SSSR count). The van der Waals surface area contributed by atoms with Crippen molar-refractivity contribution in [2.45, 2.75) is 25.7 Å². The summed E-state index contributed by atoms with van der Waals surface area (Å²) in [4.78, 5) is 16.6. The van der Waals surface area contributed by atoms with Gasteiger partial charge < -0.3 is 14.6 Å². The van der Waals surface area contributed by atoms with E-state index >= 15 is 0 Å². The number of hydrogen-bond acceptors (Lipinski definition) is 7. The number of fused-ring (bicyclic) bond motifs is 1. The van der Waals surface area contributed by atoms with E-state index in [1.165, 1.54) is 25.9 Å². The number of aromatic nitrogens is 3. The molecule has 0 amide bonds. The monoisotopic (exact) mass is 501 g/mol. The third-order valence-electron chi connectivity index (χ3n) is 5.83. The van der Waals surface area contributed by atoms with E-state index in [1.54, 1.807) is 30.1 Å². The second-order valence-electron chi connectivity index (χ2n) is 8.22. The molecule has 1 aromatic carbocycles. The molecule has 1 N–H and O–H groups in total. The third-order valence-corrected chi connectivity index (χ3v) is 7.38. The smallest absolute Gasteiger partial charge is 0.249 e. The molecule has 6 nitrogen and oxygen atoms in total. The van der Waals surface area contributed by atoms with Gasteiger partial charge in [-0.15, -0.1) is 11.8 Å². The van der Waals surface area contributed by atoms with Crippen LogP contribution < -0.4 is 5.32 Å². The van der Waals surface area contributed by atoms with Crippen molar-refractivity contribution in [1.82, 2.24) is 19.9 Å². The van der Waals surface area contributed by atoms with Crippen LogP contribution in [0.3, 0.4) is 0 Å². The lowest BCUT2D eigenvalue weighted by molar-refractivity contribution is 0.331. The molecule has 4 heterocycles. The van der Waals surface area contributed by atoms with Gasteiger partial charge >= 0.3 is 0 Å². The summed E-state index contributed by atoms with van der Waals surface area (Å²) < 4.78 is 6.11. The SMILES string of the molecule is Clc1cc2nc(NCCCCN3CCCC3)c(-c3ncc(C4=CC=CSC4)o3)nc2cc1Cl. The number of anilines is 1. The van der Waals surface area contributed by atoms with Crippen LogP contribution in [0.1, 0.15) is 31.4 Å². The molecule has 1 saturated heterocycles. The van der Waals surface area contributed by atoms with E-state index in [0.29, 0.717) is 38.5 Å². The Morgan fingerprint density at radius 1 is 1.06 bits per heavy atom. The van der Waals surface area contributed by atoms with Crippen molar-refractivity contribution >= 4 is 57.4 Å². The first-order valence-corrected chi connectivity index (χ1v) is 13.0. The van der Waals surface area contributed by atoms with Crippen LogP contribution in [0.25, 0.3) is 28.2 Å². The number of hydrogen-bond donors (Lipinski definition) is 1. The molecule has 0 unspecified atom stereocenters. The lowest BCUT2D eigenvalue weighted by atomic mass is 10.2. The molecule has 0 radical (unpaired) electrons. The zero-order chi connectivity index (χ0) is 22.6. The summed E-state index contributed by atoms with van der Waals surface area (Å²) in [5.41, 5.74) is 3.00. The van der Waals surface area contributed by atoms with Gasteiger partial charge in [-0.2, -0.15) is 0 Å². The number of benzene rings is 1. The van der Waals surface area contributed by atoms with E-state index in [4.69, 9.17) is 37.6 Å². The lowest BCUT2D eigenvalue weighted by Gasteiger charge is -2.14. The van der Waals surface area contributed by atoms with Crippen LogP contribution in [0.5, 0.6) is 0 Å². The van der Waals surface area contributed by atoms with Crippen LogP contribution in [0.15, 0.2) is 40.3 Å². The average molecular weight is 502 g/mol. The molecule has 33 heavy (non-hydrogen) atoms. The second-order valence-corrected chi connectivity index (χ2v) is 9.93. The fourth-order valence-corrected chi connectivity index (χ4v) is 5.10. The first kappa shape index (κ1) is 22.7. The highest BCUT2D eigenvalue weighted by atomic mass is 35.5. The van der Waals surface area contributed by atoms with Crippen LogP contribution in [-0.4, -0.2) is 51.8 Å². The molecule has 9 heteroatoms. The summed E-state index contributed by atoms with van der Waals surface area (Å²) in [5.74, 6) is 2.67. The molecule has 0 aliphatic carbocycles. The van der Waals surface area contributed by atoms with E-state index < -0.39 is 0 Å². The maximum absolute atomic E-state index is 6.23. The number of unbranched alkanes of at least 4 members (excludes halogenated alkanes) is 1. The normalized spacial score (nSPS) is 16.5. The molecule has 3 aromatic rings. The van der Waals surface area contributed by atoms with Gasteiger partial charge in [0.05, 0.1) is 27.3 Å². The molecule has 2 aromatic heterocycles. The number of oxazole rings is 1. The number of rotatable bonds is 8. The topological polar surface area (TPSA) is 67.1 Å². The van der Waals surface area contributed by atoms with Gasteiger partial charge in [-0.1, -0.05) is 35.4 Å². The highest BCUT2D eigenvalue weighted by Gasteiger charge is 2.19. The largest absolute Gasteiger partial charge is 0.435 e. The number of likely N-dealkylation sites (tertiary alicyclic amines) is 1. The number of thioether (sulfide) groups is 1. The summed E-state index contributed by atoms with van der Waals surface area (Å²) in [5, 5.41) is 6.42. The molecule has 0 bridgehead atoms. The minimum absolute atomic E-state index is 0.436. The molecule has 0 saturated carbocycles. The summed E-state index contributed by atoms with van der Waals surface area (Å²) >= 11 is 14.2. The second kappa shape index (κ2) is 10.5. The Morgan fingerprint density at radius 3 is 2.61 bits per heavy atom. The molecule has 1 fully saturated rings. The number of halogens is 2. The van der Waals surface area contributed by atoms with Crippen molar-refractivity contribution < 1.29 is 4.42 Å². The number of nitrogens with one attached hydrogen (secondary N) is 1. The van der Waals surface area contributed by atoms with Crippen molar-refractivity contribution in [3.05, 3.63) is 51.7 Å². The summed E-state index contributed by atoms with van der Waals surface area (Å²) in [6, 6.07) is 3.47. The van der Waals surface area contributed by atoms with Crippen molar-refractivity contribution in [1.29, 1.82) is 0 Å². The Bertz CT molecular complexity index is 1200. The van der Waals surface area contributed by atoms with Crippen LogP contribution in [0.4, 0.5) is 5.82 Å². The number of allylic oxidation sites excluding steroid dienone is 2. The quantitative estimate of drug-likeness (QED) is 0.352. The van der Waals surface area contributed by atoms with E-state index in [2.05, 4.69) is 20.6 Å². The van der Waals surface area contributed by atoms with Gasteiger partial charge in [-0.05, 0) is 62.9 Å². The molecular weight excluding hydrogens is 477 g/mol. The Labute approximate surface area is 207 Å². The van der Waals surface area contributed by atoms with Crippen LogP contribution in [0.2, 0.25) is 10.0 Å². The maximum atomic E-state index is 6.23. The zero-order valence-corrected chi connectivity index (χ0v) is 20.5. The Kier molecular flexibility index (Phi) is 7.21. The van der Waals surface area contributed by atoms with Crippen molar-refractivity contribution in [2.24, 2.45) is 0 Å². The number of nitrogens with zero attached hydrogens (tertiary/aromatic N) is 4. The standard InChI is InChI=1S/C24H25Cl2N5OS/c25-17-12-19-20(13-18(17)26)30-23(27-7-1-2-8-31-9-3-4-10-31)22(29-19)24-28-14-21(32-24)16-6-5-11-33-15-16/h5-6,11-14H,1-4,7-10,15H2,(H,27,30). The van der Waals surface area contributed by atoms with Crippen molar-refractivity contribution in [2.75, 3.05) is 37.2 Å². The van der Waals surface area contributed by atoms with Gasteiger partial charge in [0.25, 0.3) is 0 Å². The van der Waals surface area contributed by atoms with E-state index in [0.717, 1.165) is 43.0 Å². The van der Waals surface area contributed by atoms with Gasteiger partial charge in [-0.3, -0.25) is 0 Å². The van der Waals surface area contributed by atoms with Crippen LogP contribution in [-0.2, 0) is 0 Å². The highest BCUT2D eigenvalue weighted by molar-refractivity contribution is 8.02. The van der Waals surface area contributed by atoms with Gasteiger partial charge in [0.1, 0.15) is 0 Å². The predicted octanol–water partition coefficient (Wildman–Crippen LogP) is 6.52. The van der Waals surface area contributed by atoms with Gasteiger partial charge in [0.2, 0.25) is 5.89 Å². The molecule has 2 aliphatic heterocycles. The average Bonchev–Trinajstić information content (AvgIpc) is 3.52. The van der Waals surface area contributed by atoms with E-state index in [1.807, 2.05) is 12.2 Å². The summed E-state index contributed by atoms with van der Waals surface area (Å²) in [7, 11) is 0. The zero-order valence-electron chi connectivity index (χ0n) is 18.2. The maximum Gasteiger partial charge on any atom is 0.249 e. The van der Waals surface area contributed by atoms with Gasteiger partial charge in [-0.25, -0.2) is 15.0 Å². The van der Waals surface area contributed by atoms with Crippen LogP contribution >= 0.6 is 35.0 Å². The van der Waals surface area contributed by atoms with Gasteiger partial charge in [0, 0.05) is 17.9 Å². The van der Waals surface area contributed by atoms with Crippen LogP contribution in [0, 0.1) is 0 Å². The Hall–Kier alpha value is -2.06. The minimum atomic E-state index is 0.436. The van der Waals surface area contributed by atoms with Crippen molar-refractivity contribution in [3.8, 4) is 11.6 Å². The summed E-state index contributed by atoms with van der Waals surface area (Å²) in [6.07, 6.45) is 10.7. The fraction of sp³-hybridized carbons (Fsp3) is 0.375. The lowest BCUT2D eigenvalue weighted by Crippen LogP contribution is -2.21. The highest BCUT2D eigenvalue weighted by Crippen LogP contribution is 2.33. The van der Waals surface area contributed by atoms with E-state index in [9.17, 15) is 0 Å². The molecular formula is C24H25Cl2N5OS. The van der Waals surface area contributed by atoms with Crippen molar-refractivity contribution in [3.63, 3.8) is 0 Å². The fourth-order valence-electron chi connectivity index (χ4n) is 4.08. The Morgan fingerprint density at radius 2 is 1.85 bits per heavy atom. The summed E-state index contributed by atoms with van der Waals surface area (Å²) in [6.45, 7) is 4.40. The van der Waals surface area contributed by atoms with Gasteiger partial charge in [0.15, 0.2) is 17.3 Å². The first-order valence-electron chi connectivity index (χ1n) is 11.2. The molecule has 2 aliphatic rings. The molecule has 172 valence electrons. The molecule has 0 spiro atoms. The first-order chi connectivity index (χ1) is 16.2. The third kappa shape index (κ3) is 5.38. The molecule has 0 atom stereocenters. The van der Waals surface area contributed by atoms with E-state index in [-0.39, 0.29) is 0 Å².